The zero-order chi connectivity index (χ0) is 63.5. The van der Waals surface area contributed by atoms with E-state index in [2.05, 4.69) is 114 Å². The van der Waals surface area contributed by atoms with Gasteiger partial charge in [0.15, 0.2) is 82.4 Å². The maximum Gasteiger partial charge on any atom is 0.328 e. The van der Waals surface area contributed by atoms with Crippen LogP contribution in [0.1, 0.15) is 90.4 Å². The summed E-state index contributed by atoms with van der Waals surface area (Å²) in [6, 6.07) is 24.1. The lowest BCUT2D eigenvalue weighted by molar-refractivity contribution is -0.153. The van der Waals surface area contributed by atoms with E-state index in [1.165, 1.54) is 66.8 Å². The van der Waals surface area contributed by atoms with Crippen LogP contribution in [0.15, 0.2) is 92.3 Å². The van der Waals surface area contributed by atoms with Gasteiger partial charge in [-0.25, -0.2) is 43.7 Å². The number of aromatic nitrogens is 10. The number of ether oxygens (including phenoxy) is 4. The number of imidazole rings is 3. The summed E-state index contributed by atoms with van der Waals surface area (Å²) in [4.78, 5) is 75.9. The summed E-state index contributed by atoms with van der Waals surface area (Å²) in [5, 5.41) is 30.9. The number of hydrogen-bond acceptors (Lipinski definition) is 23. The van der Waals surface area contributed by atoms with Gasteiger partial charge in [0.25, 0.3) is 0 Å². The molecular weight excluding hydrogens is 1180 g/mol. The van der Waals surface area contributed by atoms with E-state index < -0.39 is 83.7 Å². The van der Waals surface area contributed by atoms with E-state index in [4.69, 9.17) is 43.0 Å². The number of amides is 2. The smallest absolute Gasteiger partial charge is 0.328 e. The van der Waals surface area contributed by atoms with Crippen LogP contribution in [-0.2, 0) is 69.5 Å². The fourth-order valence-corrected chi connectivity index (χ4v) is 11.6. The number of fused-ring (bicyclic) bond motifs is 2. The van der Waals surface area contributed by atoms with E-state index in [0.717, 1.165) is 19.4 Å². The Labute approximate surface area is 500 Å². The predicted molar refractivity (Wildman–Crippen MR) is 310 cm³/mol. The average molecular weight is 1250 g/mol. The summed E-state index contributed by atoms with van der Waals surface area (Å²) in [5.74, 6) is -1.77. The third-order valence-electron chi connectivity index (χ3n) is 12.5. The quantitative estimate of drug-likeness (QED) is 0.0453. The molecule has 2 amide bonds. The average Bonchev–Trinajstić information content (AvgIpc) is 1.82. The van der Waals surface area contributed by atoms with Crippen molar-refractivity contribution in [2.24, 2.45) is 0 Å². The Morgan fingerprint density at radius 2 is 1.20 bits per heavy atom. The fourth-order valence-electron chi connectivity index (χ4n) is 8.91. The molecule has 464 valence electrons. The maximum atomic E-state index is 15.5. The minimum absolute atomic E-state index is 0.0548. The Kier molecular flexibility index (Phi) is 25.0. The first-order valence-electron chi connectivity index (χ1n) is 26.8. The number of esters is 2. The second-order valence-electron chi connectivity index (χ2n) is 19.8. The Balaban J connectivity index is 0.000000205. The van der Waals surface area contributed by atoms with Crippen LogP contribution >= 0.6 is 15.9 Å². The van der Waals surface area contributed by atoms with Crippen LogP contribution in [0.4, 0.5) is 20.4 Å². The second-order valence-corrected chi connectivity index (χ2v) is 23.5. The van der Waals surface area contributed by atoms with E-state index in [1.807, 2.05) is 36.4 Å². The molecule has 28 nitrogen and oxygen atoms in total. The molecular formula is C55H67F2N15O13P2. The number of aromatic amines is 1. The summed E-state index contributed by atoms with van der Waals surface area (Å²) in [6.45, 7) is 17.2. The Morgan fingerprint density at radius 1 is 0.724 bits per heavy atom. The first kappa shape index (κ1) is 68.0. The summed E-state index contributed by atoms with van der Waals surface area (Å²) in [5.41, 5.74) is 3.31. The number of anilines is 2. The van der Waals surface area contributed by atoms with Crippen LogP contribution in [0.3, 0.4) is 0 Å². The highest BCUT2D eigenvalue weighted by Crippen LogP contribution is 2.47. The number of halogens is 2. The van der Waals surface area contributed by atoms with Gasteiger partial charge in [-0.05, 0) is 45.5 Å². The van der Waals surface area contributed by atoms with Crippen molar-refractivity contribution in [2.75, 3.05) is 37.2 Å². The van der Waals surface area contributed by atoms with E-state index in [9.17, 15) is 33.2 Å². The molecule has 4 unspecified atom stereocenters. The number of aliphatic hydroxyl groups is 1. The largest absolute Gasteiger partial charge is 0.456 e. The van der Waals surface area contributed by atoms with E-state index >= 15 is 4.39 Å². The third-order valence-corrected chi connectivity index (χ3v) is 15.7. The number of carbonyl (C=O) groups is 4. The molecule has 0 saturated carbocycles. The molecule has 2 aliphatic heterocycles. The maximum absolute atomic E-state index is 15.5. The van der Waals surface area contributed by atoms with Crippen LogP contribution < -0.4 is 10.6 Å². The fraction of sp³-hybridized carbons (Fsp3) is 0.436. The molecule has 10 atom stereocenters. The summed E-state index contributed by atoms with van der Waals surface area (Å²) < 4.78 is 86.5. The van der Waals surface area contributed by atoms with E-state index in [1.54, 1.807) is 12.1 Å². The minimum Gasteiger partial charge on any atom is -0.456 e. The van der Waals surface area contributed by atoms with E-state index in [0.29, 0.717) is 18.7 Å². The number of nitrogens with one attached hydrogen (secondary N) is 3. The zero-order valence-corrected chi connectivity index (χ0v) is 50.9. The van der Waals surface area contributed by atoms with Crippen molar-refractivity contribution in [2.45, 2.75) is 130 Å². The lowest BCUT2D eigenvalue weighted by Crippen LogP contribution is -2.35. The molecule has 0 bridgehead atoms. The monoisotopic (exact) mass is 1250 g/mol. The number of H-pyrrole nitrogens is 1. The molecule has 7 heterocycles. The Hall–Kier alpha value is -8.15. The highest BCUT2D eigenvalue weighted by molar-refractivity contribution is 7.52. The van der Waals surface area contributed by atoms with Gasteiger partial charge in [-0.1, -0.05) is 60.7 Å². The number of alkyl halides is 2. The summed E-state index contributed by atoms with van der Waals surface area (Å²) >= 11 is 0. The highest BCUT2D eigenvalue weighted by atomic mass is 31.2. The highest BCUT2D eigenvalue weighted by Gasteiger charge is 2.50. The molecule has 4 N–H and O–H groups in total. The van der Waals surface area contributed by atoms with Crippen molar-refractivity contribution in [1.82, 2.24) is 53.7 Å². The van der Waals surface area contributed by atoms with Gasteiger partial charge in [-0.15, -0.1) is 0 Å². The molecule has 0 radical (unpaired) electrons. The van der Waals surface area contributed by atoms with Crippen LogP contribution in [0.2, 0.25) is 0 Å². The van der Waals surface area contributed by atoms with Gasteiger partial charge in [0.05, 0.1) is 45.4 Å². The SMILES string of the molecule is CC(=O)Nc1ncnc2c1ncn2[C@@H]1O[C@H](CO)C(OC(C)=O)[C@@H]1F.CC(=O)Nc1ncnc2c1ncn2[C@@H]1O[C@H](COP(C)(=O)OCc2ccccc2)C(OC(C)=O)[C@@H]1F.CC(C)N(C(C)C)P(C)OCc1ccccc1.N#Cc1nc[nH]c1C#N. The first-order chi connectivity index (χ1) is 41.5. The minimum atomic E-state index is -3.55. The van der Waals surface area contributed by atoms with Crippen molar-refractivity contribution < 1.29 is 70.1 Å². The molecule has 0 spiro atoms. The van der Waals surface area contributed by atoms with Crippen molar-refractivity contribution in [1.29, 1.82) is 10.5 Å². The van der Waals surface area contributed by atoms with Crippen molar-refractivity contribution in [3.63, 3.8) is 0 Å². The van der Waals surface area contributed by atoms with Gasteiger partial charge in [-0.2, -0.15) is 10.5 Å². The number of nitriles is 2. The lowest BCUT2D eigenvalue weighted by atomic mass is 10.1. The standard InChI is InChI=1S/C22H25FN5O7P.C14H16FN5O5.C14H24NOP.C5H2N4/c1-13(29)27-20-18-21(25-11-24-20)28(12-26-18)22-17(23)19(34-14(2)30)16(35-22)10-33-36(3,31)32-9-15-7-5-4-6-8-15;1-6(22)19-12-10-13(17-4-16-12)20(5-18-10)14-9(15)11(24-7(2)23)8(3-21)25-14;1-12(2)15(13(3)4)17(5)16-11-14-9-7-6-8-10-14;6-1-4-5(2-7)9-3-8-4/h4-8,11-12,16-17,19,22H,9-10H2,1-3H3,(H,24,25,27,29);4-5,8-9,11,14,21H,3H2,1-2H3,(H,16,17,19,22);6-10,12-13H,11H2,1-5H3;3H,(H,8,9)/t16-,17+,19?,22-,36?;8-,9+,11?,14-;;/m11../s1. The van der Waals surface area contributed by atoms with Crippen LogP contribution in [0.25, 0.3) is 22.3 Å². The molecule has 9 rings (SSSR count). The van der Waals surface area contributed by atoms with Gasteiger partial charge in [-0.3, -0.25) is 37.5 Å². The summed E-state index contributed by atoms with van der Waals surface area (Å²) in [7, 11) is -4.07. The van der Waals surface area contributed by atoms with Gasteiger partial charge in [0.2, 0.25) is 11.8 Å². The van der Waals surface area contributed by atoms with Crippen molar-refractivity contribution >= 4 is 73.6 Å². The predicted octanol–water partition coefficient (Wildman–Crippen LogP) is 7.37. The molecule has 2 aliphatic rings. The first-order valence-corrected chi connectivity index (χ1v) is 30.5. The molecule has 7 aromatic rings. The van der Waals surface area contributed by atoms with Crippen molar-refractivity contribution in [3.05, 3.63) is 115 Å². The number of hydrogen-bond donors (Lipinski definition) is 4. The molecule has 2 fully saturated rings. The number of nitrogens with zero attached hydrogens (tertiary/aromatic N) is 12. The molecule has 2 saturated heterocycles. The van der Waals surface area contributed by atoms with E-state index in [-0.39, 0.29) is 70.4 Å². The molecule has 0 aliphatic carbocycles. The van der Waals surface area contributed by atoms with Crippen LogP contribution in [0, 0.1) is 22.7 Å². The van der Waals surface area contributed by atoms with Crippen molar-refractivity contribution in [3.8, 4) is 12.1 Å². The molecule has 87 heavy (non-hydrogen) atoms. The molecule has 5 aromatic heterocycles. The van der Waals surface area contributed by atoms with Gasteiger partial charge < -0.3 is 53.2 Å². The number of carbonyl (C=O) groups excluding carboxylic acids is 4. The molecule has 2 aromatic carbocycles. The molecule has 32 heteroatoms. The van der Waals surface area contributed by atoms with Gasteiger partial charge >= 0.3 is 19.5 Å². The van der Waals surface area contributed by atoms with Crippen LogP contribution in [-0.4, -0.2) is 158 Å². The third kappa shape index (κ3) is 18.7. The van der Waals surface area contributed by atoms with Crippen LogP contribution in [0.5, 0.6) is 0 Å². The number of aliphatic hydroxyl groups excluding tert-OH is 1. The second kappa shape index (κ2) is 32.0. The number of rotatable bonds is 19. The Bertz CT molecular complexity index is 3520. The Morgan fingerprint density at radius 3 is 1.62 bits per heavy atom. The number of benzene rings is 2. The van der Waals surface area contributed by atoms with Gasteiger partial charge in [0.1, 0.15) is 45.3 Å². The topological polar surface area (TPSA) is 361 Å². The summed E-state index contributed by atoms with van der Waals surface area (Å²) in [6.07, 6.45) is -4.52. The lowest BCUT2D eigenvalue weighted by Gasteiger charge is -2.35. The zero-order valence-electron chi connectivity index (χ0n) is 49.1. The normalized spacial score (nSPS) is 20.6. The van der Waals surface area contributed by atoms with Gasteiger partial charge in [0, 0.05) is 46.4 Å².